The third-order valence-corrected chi connectivity index (χ3v) is 11.0. The van der Waals surface area contributed by atoms with Crippen LogP contribution in [0.4, 0.5) is 0 Å². The van der Waals surface area contributed by atoms with Crippen LogP contribution in [0, 0.1) is 0 Å². The molecule has 0 fully saturated rings. The monoisotopic (exact) mass is 657 g/mol. The Labute approximate surface area is 301 Å². The highest BCUT2D eigenvalue weighted by Gasteiger charge is 2.19. The van der Waals surface area contributed by atoms with Gasteiger partial charge in [0.05, 0.1) is 11.2 Å². The van der Waals surface area contributed by atoms with Gasteiger partial charge in [0.25, 0.3) is 0 Å². The van der Waals surface area contributed by atoms with E-state index in [-0.39, 0.29) is 0 Å². The Kier molecular flexibility index (Phi) is 6.32. The lowest BCUT2D eigenvalue weighted by atomic mass is 9.84. The Balaban J connectivity index is 1.22. The van der Waals surface area contributed by atoms with Crippen molar-refractivity contribution >= 4 is 75.5 Å². The van der Waals surface area contributed by atoms with Gasteiger partial charge in [-0.1, -0.05) is 164 Å². The summed E-state index contributed by atoms with van der Waals surface area (Å²) < 4.78 is 0. The molecule has 0 aliphatic carbocycles. The summed E-state index contributed by atoms with van der Waals surface area (Å²) in [6.07, 6.45) is 0. The first-order valence-corrected chi connectivity index (χ1v) is 18.0. The molecule has 0 aliphatic heterocycles. The molecule has 52 heavy (non-hydrogen) atoms. The van der Waals surface area contributed by atoms with Crippen molar-refractivity contribution in [3.63, 3.8) is 0 Å². The van der Waals surface area contributed by atoms with E-state index in [9.17, 15) is 0 Å². The third kappa shape index (κ3) is 4.33. The smallest absolute Gasteiger partial charge is 0.0788 e. The summed E-state index contributed by atoms with van der Waals surface area (Å²) in [7, 11) is 0. The molecule has 1 nitrogen and oxygen atoms in total. The van der Waals surface area contributed by atoms with Crippen molar-refractivity contribution in [1.82, 2.24) is 4.98 Å². The second-order valence-electron chi connectivity index (χ2n) is 13.8. The molecule has 0 amide bonds. The van der Waals surface area contributed by atoms with Crippen molar-refractivity contribution in [1.29, 1.82) is 0 Å². The molecule has 1 aromatic heterocycles. The molecule has 0 saturated heterocycles. The number of pyridine rings is 1. The molecule has 1 heterocycles. The number of hydrogen-bond acceptors (Lipinski definition) is 1. The Morgan fingerprint density at radius 3 is 1.58 bits per heavy atom. The van der Waals surface area contributed by atoms with E-state index in [0.717, 1.165) is 16.8 Å². The Morgan fingerprint density at radius 1 is 0.288 bits per heavy atom. The van der Waals surface area contributed by atoms with E-state index in [1.165, 1.54) is 92.3 Å². The van der Waals surface area contributed by atoms with Crippen LogP contribution in [0.5, 0.6) is 0 Å². The Hall–Kier alpha value is -6.83. The van der Waals surface area contributed by atoms with Gasteiger partial charge in [-0.05, 0) is 106 Å². The normalized spacial score (nSPS) is 11.8. The van der Waals surface area contributed by atoms with E-state index in [2.05, 4.69) is 188 Å². The molecule has 240 valence electrons. The second-order valence-corrected chi connectivity index (χ2v) is 13.8. The minimum absolute atomic E-state index is 1.01. The van der Waals surface area contributed by atoms with Gasteiger partial charge in [0.1, 0.15) is 0 Å². The molecule has 0 saturated carbocycles. The summed E-state index contributed by atoms with van der Waals surface area (Å²) in [5.74, 6) is 0. The van der Waals surface area contributed by atoms with Gasteiger partial charge in [-0.15, -0.1) is 0 Å². The first-order valence-electron chi connectivity index (χ1n) is 18.0. The number of fused-ring (bicyclic) bond motifs is 9. The zero-order chi connectivity index (χ0) is 34.2. The van der Waals surface area contributed by atoms with Gasteiger partial charge in [-0.3, -0.25) is 0 Å². The summed E-state index contributed by atoms with van der Waals surface area (Å²) in [5.41, 5.74) is 8.19. The molecular weight excluding hydrogens is 627 g/mol. The SMILES string of the molecule is c1ccc(-c2nc3ccc4ccccc4c3c3cc4ccc(-c5c6ccccc6c(-c6cccc7ccccc67)c6ccccc56)cc4cc23)cc1. The molecule has 0 unspecified atom stereocenters. The summed E-state index contributed by atoms with van der Waals surface area (Å²) >= 11 is 0. The number of nitrogens with zero attached hydrogens (tertiary/aromatic N) is 1. The van der Waals surface area contributed by atoms with Crippen LogP contribution in [0.2, 0.25) is 0 Å². The van der Waals surface area contributed by atoms with Crippen molar-refractivity contribution in [2.75, 3.05) is 0 Å². The summed E-state index contributed by atoms with van der Waals surface area (Å²) in [4.78, 5) is 5.35. The molecule has 10 aromatic carbocycles. The molecule has 1 heteroatoms. The van der Waals surface area contributed by atoms with E-state index < -0.39 is 0 Å². The van der Waals surface area contributed by atoms with Crippen LogP contribution in [0.3, 0.4) is 0 Å². The lowest BCUT2D eigenvalue weighted by molar-refractivity contribution is 1.43. The fourth-order valence-corrected chi connectivity index (χ4v) is 8.66. The van der Waals surface area contributed by atoms with E-state index >= 15 is 0 Å². The Morgan fingerprint density at radius 2 is 0.846 bits per heavy atom. The molecule has 0 N–H and O–H groups in total. The van der Waals surface area contributed by atoms with Gasteiger partial charge >= 0.3 is 0 Å². The van der Waals surface area contributed by atoms with Crippen molar-refractivity contribution < 1.29 is 0 Å². The Bertz CT molecular complexity index is 3170. The second kappa shape index (κ2) is 11.3. The van der Waals surface area contributed by atoms with Gasteiger partial charge in [0.15, 0.2) is 0 Å². The van der Waals surface area contributed by atoms with E-state index in [4.69, 9.17) is 4.98 Å². The quantitative estimate of drug-likeness (QED) is 0.136. The zero-order valence-corrected chi connectivity index (χ0v) is 28.3. The van der Waals surface area contributed by atoms with Crippen LogP contribution in [-0.4, -0.2) is 4.98 Å². The topological polar surface area (TPSA) is 12.9 Å². The average Bonchev–Trinajstić information content (AvgIpc) is 3.21. The highest BCUT2D eigenvalue weighted by molar-refractivity contribution is 6.25. The largest absolute Gasteiger partial charge is 0.247 e. The van der Waals surface area contributed by atoms with Gasteiger partial charge in [0.2, 0.25) is 0 Å². The number of hydrogen-bond donors (Lipinski definition) is 0. The molecular formula is C51H31N. The predicted molar refractivity (Wildman–Crippen MR) is 223 cm³/mol. The minimum Gasteiger partial charge on any atom is -0.247 e. The van der Waals surface area contributed by atoms with Crippen LogP contribution < -0.4 is 0 Å². The van der Waals surface area contributed by atoms with E-state index in [1.54, 1.807) is 0 Å². The number of aromatic nitrogens is 1. The lowest BCUT2D eigenvalue weighted by Gasteiger charge is -2.19. The lowest BCUT2D eigenvalue weighted by Crippen LogP contribution is -1.93. The van der Waals surface area contributed by atoms with Crippen molar-refractivity contribution in [2.24, 2.45) is 0 Å². The maximum atomic E-state index is 5.35. The molecule has 0 bridgehead atoms. The molecule has 11 aromatic rings. The van der Waals surface area contributed by atoms with Crippen LogP contribution >= 0.6 is 0 Å². The van der Waals surface area contributed by atoms with Gasteiger partial charge in [-0.25, -0.2) is 4.98 Å². The fraction of sp³-hybridized carbons (Fsp3) is 0. The van der Waals surface area contributed by atoms with Gasteiger partial charge in [-0.2, -0.15) is 0 Å². The fourth-order valence-electron chi connectivity index (χ4n) is 8.66. The highest BCUT2D eigenvalue weighted by Crippen LogP contribution is 2.46. The number of rotatable bonds is 3. The van der Waals surface area contributed by atoms with Crippen LogP contribution in [-0.2, 0) is 0 Å². The van der Waals surface area contributed by atoms with Gasteiger partial charge in [0, 0.05) is 16.3 Å². The van der Waals surface area contributed by atoms with E-state index in [0.29, 0.717) is 0 Å². The van der Waals surface area contributed by atoms with Crippen molar-refractivity contribution in [3.05, 3.63) is 188 Å². The van der Waals surface area contributed by atoms with Crippen molar-refractivity contribution in [2.45, 2.75) is 0 Å². The average molecular weight is 658 g/mol. The molecule has 0 aliphatic rings. The zero-order valence-electron chi connectivity index (χ0n) is 28.3. The third-order valence-electron chi connectivity index (χ3n) is 11.0. The van der Waals surface area contributed by atoms with E-state index in [1.807, 2.05) is 0 Å². The maximum absolute atomic E-state index is 5.35. The van der Waals surface area contributed by atoms with Crippen molar-refractivity contribution in [3.8, 4) is 33.5 Å². The van der Waals surface area contributed by atoms with Crippen LogP contribution in [0.1, 0.15) is 0 Å². The standard InChI is InChI=1S/C51H31N/c1-2-15-34(16-3-1)51-46-31-37-29-36(26-25-35(37)30-45(46)50-39-19-7-5-14-33(39)27-28-47(50)52-51)48-41-20-8-10-22-43(41)49(44-23-11-9-21-42(44)48)40-24-12-17-32-13-4-6-18-38(32)40/h1-31H. The summed E-state index contributed by atoms with van der Waals surface area (Å²) in [5, 5.41) is 16.1. The molecule has 0 spiro atoms. The first-order chi connectivity index (χ1) is 25.8. The summed E-state index contributed by atoms with van der Waals surface area (Å²) in [6, 6.07) is 68.7. The molecule has 0 radical (unpaired) electrons. The highest BCUT2D eigenvalue weighted by atomic mass is 14.7. The van der Waals surface area contributed by atoms with Crippen LogP contribution in [0.25, 0.3) is 109 Å². The molecule has 11 rings (SSSR count). The first kappa shape index (κ1) is 29.0. The summed E-state index contributed by atoms with van der Waals surface area (Å²) in [6.45, 7) is 0. The predicted octanol–water partition coefficient (Wildman–Crippen LogP) is 14.2. The molecule has 0 atom stereocenters. The van der Waals surface area contributed by atoms with Gasteiger partial charge < -0.3 is 0 Å². The minimum atomic E-state index is 1.01. The number of benzene rings is 10. The maximum Gasteiger partial charge on any atom is 0.0788 e. The van der Waals surface area contributed by atoms with Crippen LogP contribution in [0.15, 0.2) is 188 Å².